The van der Waals surface area contributed by atoms with Crippen molar-refractivity contribution in [2.45, 2.75) is 51.4 Å². The Hall–Kier alpha value is -2.19. The van der Waals surface area contributed by atoms with Gasteiger partial charge in [0.2, 0.25) is 11.7 Å². The fraction of sp³-hybridized carbons (Fsp3) is 0.500. The van der Waals surface area contributed by atoms with Crippen molar-refractivity contribution >= 4 is 0 Å². The Balaban J connectivity index is 2.18. The van der Waals surface area contributed by atoms with Gasteiger partial charge in [0.1, 0.15) is 0 Å². The standard InChI is InChI=1S/C20H26F3N3O2/c1-4-6-10-16(27)12-24-17(13(3)5-2)19-25-18(26-28-19)14-8-7-9-15(11-14)20(21,22)23/h4,7-9,11,13,16-17,24,27H,1,5-6,10,12H2,2-3H3. The Bertz CT molecular complexity index is 761. The molecule has 1 heterocycles. The molecule has 0 radical (unpaired) electrons. The number of aliphatic hydroxyl groups is 1. The third-order valence-corrected chi connectivity index (χ3v) is 4.65. The van der Waals surface area contributed by atoms with Gasteiger partial charge in [0.15, 0.2) is 0 Å². The van der Waals surface area contributed by atoms with Crippen LogP contribution in [0.3, 0.4) is 0 Å². The Morgan fingerprint density at radius 2 is 2.11 bits per heavy atom. The summed E-state index contributed by atoms with van der Waals surface area (Å²) in [6.07, 6.45) is -1.13. The van der Waals surface area contributed by atoms with Gasteiger partial charge in [0.05, 0.1) is 17.7 Å². The summed E-state index contributed by atoms with van der Waals surface area (Å²) in [5, 5.41) is 17.1. The zero-order chi connectivity index (χ0) is 20.7. The van der Waals surface area contributed by atoms with Crippen molar-refractivity contribution in [3.05, 3.63) is 48.4 Å². The first-order valence-corrected chi connectivity index (χ1v) is 9.29. The van der Waals surface area contributed by atoms with E-state index in [-0.39, 0.29) is 29.2 Å². The highest BCUT2D eigenvalue weighted by Crippen LogP contribution is 2.32. The van der Waals surface area contributed by atoms with Crippen LogP contribution < -0.4 is 5.32 Å². The number of halogens is 3. The van der Waals surface area contributed by atoms with Crippen LogP contribution in [0.2, 0.25) is 0 Å². The maximum Gasteiger partial charge on any atom is 0.416 e. The maximum absolute atomic E-state index is 12.9. The van der Waals surface area contributed by atoms with Gasteiger partial charge in [0.25, 0.3) is 0 Å². The van der Waals surface area contributed by atoms with Crippen molar-refractivity contribution < 1.29 is 22.8 Å². The number of rotatable bonds is 10. The topological polar surface area (TPSA) is 71.2 Å². The van der Waals surface area contributed by atoms with E-state index in [1.54, 1.807) is 6.08 Å². The number of hydrogen-bond acceptors (Lipinski definition) is 5. The number of benzene rings is 1. The molecule has 2 rings (SSSR count). The van der Waals surface area contributed by atoms with Crippen LogP contribution in [0.5, 0.6) is 0 Å². The molecule has 2 N–H and O–H groups in total. The summed E-state index contributed by atoms with van der Waals surface area (Å²) >= 11 is 0. The van der Waals surface area contributed by atoms with Crippen LogP contribution in [0.1, 0.15) is 50.6 Å². The summed E-state index contributed by atoms with van der Waals surface area (Å²) in [4.78, 5) is 4.31. The summed E-state index contributed by atoms with van der Waals surface area (Å²) in [6.45, 7) is 7.99. The van der Waals surface area contributed by atoms with Crippen molar-refractivity contribution in [2.75, 3.05) is 6.54 Å². The minimum Gasteiger partial charge on any atom is -0.392 e. The lowest BCUT2D eigenvalue weighted by Gasteiger charge is -2.22. The number of nitrogens with one attached hydrogen (secondary N) is 1. The van der Waals surface area contributed by atoms with Crippen molar-refractivity contribution in [2.24, 2.45) is 5.92 Å². The highest BCUT2D eigenvalue weighted by molar-refractivity contribution is 5.55. The number of allylic oxidation sites excluding steroid dienone is 1. The van der Waals surface area contributed by atoms with E-state index in [1.807, 2.05) is 13.8 Å². The fourth-order valence-corrected chi connectivity index (χ4v) is 2.76. The van der Waals surface area contributed by atoms with E-state index in [1.165, 1.54) is 12.1 Å². The molecule has 0 spiro atoms. The Morgan fingerprint density at radius 3 is 2.75 bits per heavy atom. The van der Waals surface area contributed by atoms with Gasteiger partial charge in [-0.15, -0.1) is 6.58 Å². The summed E-state index contributed by atoms with van der Waals surface area (Å²) in [6, 6.07) is 4.51. The smallest absolute Gasteiger partial charge is 0.392 e. The summed E-state index contributed by atoms with van der Waals surface area (Å²) < 4.78 is 44.1. The van der Waals surface area contributed by atoms with Crippen molar-refractivity contribution in [3.63, 3.8) is 0 Å². The second-order valence-corrected chi connectivity index (χ2v) is 6.83. The first-order chi connectivity index (χ1) is 13.3. The van der Waals surface area contributed by atoms with Crippen LogP contribution in [-0.2, 0) is 6.18 Å². The molecule has 0 aliphatic heterocycles. The zero-order valence-electron chi connectivity index (χ0n) is 16.0. The van der Waals surface area contributed by atoms with Gasteiger partial charge in [-0.05, 0) is 30.9 Å². The molecule has 28 heavy (non-hydrogen) atoms. The molecule has 1 aromatic heterocycles. The quantitative estimate of drug-likeness (QED) is 0.566. The zero-order valence-corrected chi connectivity index (χ0v) is 16.0. The number of alkyl halides is 3. The van der Waals surface area contributed by atoms with Gasteiger partial charge in [-0.2, -0.15) is 18.2 Å². The second kappa shape index (κ2) is 9.84. The first kappa shape index (κ1) is 22.1. The lowest BCUT2D eigenvalue weighted by molar-refractivity contribution is -0.137. The molecule has 0 saturated carbocycles. The minimum absolute atomic E-state index is 0.100. The van der Waals surface area contributed by atoms with E-state index < -0.39 is 17.8 Å². The van der Waals surface area contributed by atoms with Gasteiger partial charge in [-0.3, -0.25) is 0 Å². The van der Waals surface area contributed by atoms with Gasteiger partial charge in [0, 0.05) is 12.1 Å². The van der Waals surface area contributed by atoms with E-state index in [0.29, 0.717) is 19.4 Å². The SMILES string of the molecule is C=CCCC(O)CNC(c1nc(-c2cccc(C(F)(F)F)c2)no1)C(C)CC. The molecule has 154 valence electrons. The molecule has 0 saturated heterocycles. The Morgan fingerprint density at radius 1 is 1.36 bits per heavy atom. The van der Waals surface area contributed by atoms with E-state index >= 15 is 0 Å². The Kier molecular flexibility index (Phi) is 7.77. The predicted molar refractivity (Wildman–Crippen MR) is 100 cm³/mol. The van der Waals surface area contributed by atoms with E-state index in [0.717, 1.165) is 18.6 Å². The summed E-state index contributed by atoms with van der Waals surface area (Å²) in [5.74, 6) is 0.516. The molecule has 2 aromatic rings. The van der Waals surface area contributed by atoms with Crippen LogP contribution in [-0.4, -0.2) is 27.9 Å². The summed E-state index contributed by atoms with van der Waals surface area (Å²) in [7, 11) is 0. The van der Waals surface area contributed by atoms with Crippen LogP contribution in [0, 0.1) is 5.92 Å². The molecule has 1 aromatic carbocycles. The summed E-state index contributed by atoms with van der Waals surface area (Å²) in [5.41, 5.74) is -0.531. The van der Waals surface area contributed by atoms with Crippen LogP contribution in [0.25, 0.3) is 11.4 Å². The number of aromatic nitrogens is 2. The minimum atomic E-state index is -4.44. The maximum atomic E-state index is 12.9. The first-order valence-electron chi connectivity index (χ1n) is 9.29. The number of aliphatic hydroxyl groups excluding tert-OH is 1. The molecule has 5 nitrogen and oxygen atoms in total. The second-order valence-electron chi connectivity index (χ2n) is 6.83. The fourth-order valence-electron chi connectivity index (χ4n) is 2.76. The number of hydrogen-bond donors (Lipinski definition) is 2. The van der Waals surface area contributed by atoms with Crippen LogP contribution >= 0.6 is 0 Å². The third kappa shape index (κ3) is 5.90. The molecule has 0 amide bonds. The average Bonchev–Trinajstić information content (AvgIpc) is 3.15. The molecule has 8 heteroatoms. The highest BCUT2D eigenvalue weighted by Gasteiger charge is 2.31. The Labute approximate surface area is 162 Å². The lowest BCUT2D eigenvalue weighted by atomic mass is 9.98. The van der Waals surface area contributed by atoms with E-state index in [2.05, 4.69) is 22.0 Å². The molecule has 0 aliphatic rings. The molecule has 0 aliphatic carbocycles. The monoisotopic (exact) mass is 397 g/mol. The normalized spacial score (nSPS) is 15.2. The lowest BCUT2D eigenvalue weighted by Crippen LogP contribution is -2.33. The molecule has 0 bridgehead atoms. The molecule has 3 unspecified atom stereocenters. The highest BCUT2D eigenvalue weighted by atomic mass is 19.4. The van der Waals surface area contributed by atoms with Gasteiger partial charge in [-0.25, -0.2) is 0 Å². The van der Waals surface area contributed by atoms with Crippen molar-refractivity contribution in [3.8, 4) is 11.4 Å². The van der Waals surface area contributed by atoms with Crippen molar-refractivity contribution in [1.29, 1.82) is 0 Å². The van der Waals surface area contributed by atoms with Gasteiger partial charge < -0.3 is 14.9 Å². The van der Waals surface area contributed by atoms with Gasteiger partial charge >= 0.3 is 6.18 Å². The molecular weight excluding hydrogens is 371 g/mol. The molecule has 3 atom stereocenters. The molecule has 0 fully saturated rings. The van der Waals surface area contributed by atoms with Crippen LogP contribution in [0.4, 0.5) is 13.2 Å². The largest absolute Gasteiger partial charge is 0.416 e. The molecular formula is C20H26F3N3O2. The van der Waals surface area contributed by atoms with Gasteiger partial charge in [-0.1, -0.05) is 43.6 Å². The van der Waals surface area contributed by atoms with E-state index in [9.17, 15) is 18.3 Å². The number of nitrogens with zero attached hydrogens (tertiary/aromatic N) is 2. The predicted octanol–water partition coefficient (Wildman–Crippen LogP) is 4.76. The van der Waals surface area contributed by atoms with Crippen molar-refractivity contribution in [1.82, 2.24) is 15.5 Å². The van der Waals surface area contributed by atoms with E-state index in [4.69, 9.17) is 4.52 Å². The third-order valence-electron chi connectivity index (χ3n) is 4.65. The van der Waals surface area contributed by atoms with Crippen LogP contribution in [0.15, 0.2) is 41.4 Å². The average molecular weight is 397 g/mol.